The number of amides is 1. The number of hydrogen-bond acceptors (Lipinski definition) is 3. The Balaban J connectivity index is 1.58. The van der Waals surface area contributed by atoms with E-state index in [0.717, 1.165) is 39.0 Å². The summed E-state index contributed by atoms with van der Waals surface area (Å²) in [6, 6.07) is 6.83. The van der Waals surface area contributed by atoms with Crippen molar-refractivity contribution >= 4 is 17.3 Å². The second-order valence-corrected chi connectivity index (χ2v) is 6.24. The summed E-state index contributed by atoms with van der Waals surface area (Å²) >= 11 is 0. The lowest BCUT2D eigenvalue weighted by molar-refractivity contribution is -0.119. The molecule has 114 valence electrons. The lowest BCUT2D eigenvalue weighted by Gasteiger charge is -2.34. The number of rotatable bonds is 3. The van der Waals surface area contributed by atoms with E-state index in [9.17, 15) is 4.79 Å². The van der Waals surface area contributed by atoms with Crippen molar-refractivity contribution in [2.75, 3.05) is 36.4 Å². The van der Waals surface area contributed by atoms with E-state index in [1.807, 2.05) is 0 Å². The molecule has 0 spiro atoms. The number of hydrogen-bond donors (Lipinski definition) is 2. The summed E-state index contributed by atoms with van der Waals surface area (Å²) in [5.41, 5.74) is 4.13. The Morgan fingerprint density at radius 3 is 2.95 bits per heavy atom. The molecule has 4 nitrogen and oxygen atoms in total. The van der Waals surface area contributed by atoms with E-state index in [0.29, 0.717) is 5.92 Å². The van der Waals surface area contributed by atoms with Crippen LogP contribution in [0.3, 0.4) is 0 Å². The van der Waals surface area contributed by atoms with E-state index in [-0.39, 0.29) is 5.91 Å². The standard InChI is InChI=1S/C17H25N3O/c1-13(21)19-12-14-6-9-20(10-7-14)16-4-5-17-15(11-16)3-2-8-18-17/h4-5,11,14,18H,2-3,6-10,12H2,1H3,(H,19,21). The third-order valence-corrected chi connectivity index (χ3v) is 4.65. The predicted molar refractivity (Wildman–Crippen MR) is 86.9 cm³/mol. The van der Waals surface area contributed by atoms with E-state index < -0.39 is 0 Å². The van der Waals surface area contributed by atoms with Gasteiger partial charge in [-0.1, -0.05) is 0 Å². The van der Waals surface area contributed by atoms with Gasteiger partial charge in [-0.3, -0.25) is 4.79 Å². The second kappa shape index (κ2) is 6.37. The van der Waals surface area contributed by atoms with Gasteiger partial charge in [0.25, 0.3) is 0 Å². The lowest BCUT2D eigenvalue weighted by atomic mass is 9.95. The first-order chi connectivity index (χ1) is 10.2. The largest absolute Gasteiger partial charge is 0.385 e. The number of anilines is 2. The number of nitrogens with one attached hydrogen (secondary N) is 2. The van der Waals surface area contributed by atoms with Gasteiger partial charge in [-0.2, -0.15) is 0 Å². The zero-order valence-electron chi connectivity index (χ0n) is 12.8. The van der Waals surface area contributed by atoms with Crippen LogP contribution in [0.2, 0.25) is 0 Å². The van der Waals surface area contributed by atoms with Crippen LogP contribution in [0.1, 0.15) is 31.7 Å². The number of piperidine rings is 1. The smallest absolute Gasteiger partial charge is 0.216 e. The van der Waals surface area contributed by atoms with Crippen LogP contribution in [-0.2, 0) is 11.2 Å². The van der Waals surface area contributed by atoms with Crippen LogP contribution in [0.5, 0.6) is 0 Å². The highest BCUT2D eigenvalue weighted by Crippen LogP contribution is 2.29. The lowest BCUT2D eigenvalue weighted by Crippen LogP contribution is -2.38. The number of carbonyl (C=O) groups is 1. The van der Waals surface area contributed by atoms with Gasteiger partial charge in [0.05, 0.1) is 0 Å². The Labute approximate surface area is 126 Å². The number of fused-ring (bicyclic) bond motifs is 1. The van der Waals surface area contributed by atoms with Crippen molar-refractivity contribution in [1.82, 2.24) is 5.32 Å². The molecular formula is C17H25N3O. The van der Waals surface area contributed by atoms with Crippen LogP contribution in [0.25, 0.3) is 0 Å². The normalized spacial score (nSPS) is 18.8. The zero-order valence-corrected chi connectivity index (χ0v) is 12.8. The maximum absolute atomic E-state index is 11.0. The van der Waals surface area contributed by atoms with E-state index in [4.69, 9.17) is 0 Å². The summed E-state index contributed by atoms with van der Waals surface area (Å²) in [6.45, 7) is 5.71. The molecule has 0 atom stereocenters. The van der Waals surface area contributed by atoms with Gasteiger partial charge >= 0.3 is 0 Å². The molecule has 2 aliphatic heterocycles. The fourth-order valence-electron chi connectivity index (χ4n) is 3.34. The first-order valence-corrected chi connectivity index (χ1v) is 8.08. The van der Waals surface area contributed by atoms with Crippen molar-refractivity contribution in [2.45, 2.75) is 32.6 Å². The van der Waals surface area contributed by atoms with Crippen molar-refractivity contribution in [3.8, 4) is 0 Å². The van der Waals surface area contributed by atoms with Crippen LogP contribution in [0, 0.1) is 5.92 Å². The Bertz CT molecular complexity index is 507. The van der Waals surface area contributed by atoms with Gasteiger partial charge < -0.3 is 15.5 Å². The molecule has 3 rings (SSSR count). The van der Waals surface area contributed by atoms with Crippen LogP contribution in [-0.4, -0.2) is 32.1 Å². The van der Waals surface area contributed by atoms with Crippen molar-refractivity contribution in [3.63, 3.8) is 0 Å². The minimum Gasteiger partial charge on any atom is -0.385 e. The van der Waals surface area contributed by atoms with Gasteiger partial charge in [-0.15, -0.1) is 0 Å². The predicted octanol–water partition coefficient (Wildman–Crippen LogP) is 2.40. The third-order valence-electron chi connectivity index (χ3n) is 4.65. The van der Waals surface area contributed by atoms with Crippen LogP contribution in [0.15, 0.2) is 18.2 Å². The fraction of sp³-hybridized carbons (Fsp3) is 0.588. The number of aryl methyl sites for hydroxylation is 1. The van der Waals surface area contributed by atoms with Crippen LogP contribution in [0.4, 0.5) is 11.4 Å². The van der Waals surface area contributed by atoms with E-state index in [1.165, 1.54) is 29.8 Å². The molecule has 0 saturated carbocycles. The van der Waals surface area contributed by atoms with Gasteiger partial charge in [0.15, 0.2) is 0 Å². The maximum Gasteiger partial charge on any atom is 0.216 e. The molecule has 1 fully saturated rings. The van der Waals surface area contributed by atoms with Crippen molar-refractivity contribution in [2.24, 2.45) is 5.92 Å². The Morgan fingerprint density at radius 2 is 2.19 bits per heavy atom. The highest BCUT2D eigenvalue weighted by Gasteiger charge is 2.20. The monoisotopic (exact) mass is 287 g/mol. The average molecular weight is 287 g/mol. The molecular weight excluding hydrogens is 262 g/mol. The minimum atomic E-state index is 0.0830. The van der Waals surface area contributed by atoms with E-state index >= 15 is 0 Å². The molecule has 21 heavy (non-hydrogen) atoms. The molecule has 2 heterocycles. The van der Waals surface area contributed by atoms with Crippen molar-refractivity contribution in [1.29, 1.82) is 0 Å². The quantitative estimate of drug-likeness (QED) is 0.897. The van der Waals surface area contributed by atoms with Crippen molar-refractivity contribution in [3.05, 3.63) is 23.8 Å². The highest BCUT2D eigenvalue weighted by molar-refractivity contribution is 5.72. The van der Waals surface area contributed by atoms with Gasteiger partial charge in [-0.25, -0.2) is 0 Å². The molecule has 1 amide bonds. The summed E-state index contributed by atoms with van der Waals surface area (Å²) < 4.78 is 0. The molecule has 0 aliphatic carbocycles. The van der Waals surface area contributed by atoms with Crippen molar-refractivity contribution < 1.29 is 4.79 Å². The van der Waals surface area contributed by atoms with Gasteiger partial charge in [-0.05, 0) is 55.4 Å². The molecule has 0 unspecified atom stereocenters. The molecule has 4 heteroatoms. The molecule has 0 aromatic heterocycles. The molecule has 1 saturated heterocycles. The number of carbonyl (C=O) groups excluding carboxylic acids is 1. The minimum absolute atomic E-state index is 0.0830. The number of nitrogens with zero attached hydrogens (tertiary/aromatic N) is 1. The molecule has 2 N–H and O–H groups in total. The zero-order chi connectivity index (χ0) is 14.7. The molecule has 0 bridgehead atoms. The Morgan fingerprint density at radius 1 is 1.38 bits per heavy atom. The fourth-order valence-corrected chi connectivity index (χ4v) is 3.34. The SMILES string of the molecule is CC(=O)NCC1CCN(c2ccc3c(c2)CCCN3)CC1. The van der Waals surface area contributed by atoms with Gasteiger partial charge in [0.1, 0.15) is 0 Å². The van der Waals surface area contributed by atoms with Gasteiger partial charge in [0, 0.05) is 44.5 Å². The summed E-state index contributed by atoms with van der Waals surface area (Å²) in [4.78, 5) is 13.5. The topological polar surface area (TPSA) is 44.4 Å². The molecule has 0 radical (unpaired) electrons. The first-order valence-electron chi connectivity index (χ1n) is 8.08. The maximum atomic E-state index is 11.0. The summed E-state index contributed by atoms with van der Waals surface area (Å²) in [5.74, 6) is 0.712. The molecule has 1 aromatic carbocycles. The second-order valence-electron chi connectivity index (χ2n) is 6.24. The third kappa shape index (κ3) is 3.49. The molecule has 1 aromatic rings. The number of benzene rings is 1. The van der Waals surface area contributed by atoms with Crippen LogP contribution >= 0.6 is 0 Å². The summed E-state index contributed by atoms with van der Waals surface area (Å²) in [5, 5.41) is 6.41. The average Bonchev–Trinajstić information content (AvgIpc) is 2.53. The Kier molecular flexibility index (Phi) is 4.32. The van der Waals surface area contributed by atoms with E-state index in [1.54, 1.807) is 6.92 Å². The van der Waals surface area contributed by atoms with E-state index in [2.05, 4.69) is 33.7 Å². The van der Waals surface area contributed by atoms with Gasteiger partial charge in [0.2, 0.25) is 5.91 Å². The first kappa shape index (κ1) is 14.2. The molecule has 2 aliphatic rings. The summed E-state index contributed by atoms with van der Waals surface area (Å²) in [6.07, 6.45) is 4.75. The summed E-state index contributed by atoms with van der Waals surface area (Å²) in [7, 11) is 0. The highest BCUT2D eigenvalue weighted by atomic mass is 16.1. The van der Waals surface area contributed by atoms with Crippen LogP contribution < -0.4 is 15.5 Å². The Hall–Kier alpha value is -1.71.